The Morgan fingerprint density at radius 2 is 2.22 bits per heavy atom. The van der Waals surface area contributed by atoms with Crippen molar-refractivity contribution in [3.05, 3.63) is 42.1 Å². The normalized spacial score (nSPS) is 25.4. The minimum Gasteiger partial charge on any atom is -0.378 e. The Morgan fingerprint density at radius 3 is 3.00 bits per heavy atom. The molecule has 3 rings (SSSR count). The molecule has 1 fully saturated rings. The summed E-state index contributed by atoms with van der Waals surface area (Å²) < 4.78 is 5.62. The third kappa shape index (κ3) is 2.00. The zero-order valence-corrected chi connectivity index (χ0v) is 10.5. The van der Waals surface area contributed by atoms with Crippen LogP contribution >= 0.6 is 0 Å². The zero-order chi connectivity index (χ0) is 12.5. The van der Waals surface area contributed by atoms with Crippen LogP contribution in [0.3, 0.4) is 0 Å². The molecule has 1 aromatic carbocycles. The van der Waals surface area contributed by atoms with Gasteiger partial charge in [-0.15, -0.1) is 0 Å². The first-order valence-electron chi connectivity index (χ1n) is 6.46. The van der Waals surface area contributed by atoms with Crippen LogP contribution in [0.4, 0.5) is 0 Å². The van der Waals surface area contributed by atoms with E-state index in [1.165, 1.54) is 5.56 Å². The van der Waals surface area contributed by atoms with Crippen molar-refractivity contribution < 1.29 is 4.74 Å². The van der Waals surface area contributed by atoms with Crippen LogP contribution in [0.1, 0.15) is 24.9 Å². The molecule has 3 heteroatoms. The fourth-order valence-corrected chi connectivity index (χ4v) is 2.77. The summed E-state index contributed by atoms with van der Waals surface area (Å²) in [5.41, 5.74) is 8.62. The first-order valence-corrected chi connectivity index (χ1v) is 6.46. The fraction of sp³-hybridized carbons (Fsp3) is 0.400. The molecule has 1 aliphatic heterocycles. The summed E-state index contributed by atoms with van der Waals surface area (Å²) in [4.78, 5) is 4.38. The standard InChI is InChI=1S/C15H18N2O/c1-10-8-11(9-18-10)15(16)13-4-2-6-14-12(13)5-3-7-17-14/h2-7,10-11,15H,8-9,16H2,1H3. The molecule has 0 saturated carbocycles. The Labute approximate surface area is 107 Å². The topological polar surface area (TPSA) is 48.1 Å². The van der Waals surface area contributed by atoms with Crippen LogP contribution in [-0.2, 0) is 4.74 Å². The van der Waals surface area contributed by atoms with Gasteiger partial charge in [-0.1, -0.05) is 18.2 Å². The molecule has 2 N–H and O–H groups in total. The van der Waals surface area contributed by atoms with E-state index in [1.807, 2.05) is 24.4 Å². The Kier molecular flexibility index (Phi) is 3.02. The summed E-state index contributed by atoms with van der Waals surface area (Å²) in [5.74, 6) is 0.408. The molecule has 94 valence electrons. The Hall–Kier alpha value is -1.45. The molecule has 1 saturated heterocycles. The molecule has 2 aromatic rings. The third-order valence-corrected chi connectivity index (χ3v) is 3.78. The van der Waals surface area contributed by atoms with Crippen LogP contribution in [0.5, 0.6) is 0 Å². The smallest absolute Gasteiger partial charge is 0.0705 e. The average molecular weight is 242 g/mol. The van der Waals surface area contributed by atoms with Crippen LogP contribution in [0.15, 0.2) is 36.5 Å². The number of pyridine rings is 1. The third-order valence-electron chi connectivity index (χ3n) is 3.78. The second-order valence-corrected chi connectivity index (χ2v) is 5.08. The van der Waals surface area contributed by atoms with Gasteiger partial charge in [0.15, 0.2) is 0 Å². The van der Waals surface area contributed by atoms with E-state index in [2.05, 4.69) is 24.0 Å². The Balaban J connectivity index is 1.98. The zero-order valence-electron chi connectivity index (χ0n) is 10.5. The summed E-state index contributed by atoms with van der Waals surface area (Å²) in [6.45, 7) is 2.87. The summed E-state index contributed by atoms with van der Waals surface area (Å²) in [6, 6.07) is 10.3. The van der Waals surface area contributed by atoms with Gasteiger partial charge in [-0.25, -0.2) is 0 Å². The molecule has 0 radical (unpaired) electrons. The van der Waals surface area contributed by atoms with Gasteiger partial charge in [0.25, 0.3) is 0 Å². The highest BCUT2D eigenvalue weighted by molar-refractivity contribution is 5.82. The Morgan fingerprint density at radius 1 is 1.33 bits per heavy atom. The first-order chi connectivity index (χ1) is 8.75. The van der Waals surface area contributed by atoms with Gasteiger partial charge in [0.05, 0.1) is 18.2 Å². The lowest BCUT2D eigenvalue weighted by atomic mass is 9.90. The highest BCUT2D eigenvalue weighted by atomic mass is 16.5. The number of benzene rings is 1. The molecule has 0 amide bonds. The van der Waals surface area contributed by atoms with Gasteiger partial charge in [0.1, 0.15) is 0 Å². The van der Waals surface area contributed by atoms with Crippen LogP contribution in [-0.4, -0.2) is 17.7 Å². The highest BCUT2D eigenvalue weighted by Crippen LogP contribution is 2.32. The van der Waals surface area contributed by atoms with Crippen LogP contribution in [0, 0.1) is 5.92 Å². The predicted octanol–water partition coefficient (Wildman–Crippen LogP) is 2.66. The molecular weight excluding hydrogens is 224 g/mol. The van der Waals surface area contributed by atoms with Gasteiger partial charge in [-0.05, 0) is 31.0 Å². The van der Waals surface area contributed by atoms with E-state index in [0.717, 1.165) is 23.9 Å². The number of hydrogen-bond acceptors (Lipinski definition) is 3. The number of fused-ring (bicyclic) bond motifs is 1. The summed E-state index contributed by atoms with van der Waals surface area (Å²) in [5, 5.41) is 1.16. The number of nitrogens with two attached hydrogens (primary N) is 1. The lowest BCUT2D eigenvalue weighted by Gasteiger charge is -2.19. The summed E-state index contributed by atoms with van der Waals surface area (Å²) >= 11 is 0. The second kappa shape index (κ2) is 4.67. The van der Waals surface area contributed by atoms with E-state index < -0.39 is 0 Å². The van der Waals surface area contributed by atoms with E-state index in [1.54, 1.807) is 0 Å². The van der Waals surface area contributed by atoms with E-state index in [9.17, 15) is 0 Å². The minimum atomic E-state index is 0.0304. The van der Waals surface area contributed by atoms with Gasteiger partial charge >= 0.3 is 0 Å². The molecule has 18 heavy (non-hydrogen) atoms. The highest BCUT2D eigenvalue weighted by Gasteiger charge is 2.29. The maximum atomic E-state index is 6.42. The van der Waals surface area contributed by atoms with Gasteiger partial charge in [-0.3, -0.25) is 4.98 Å². The van der Waals surface area contributed by atoms with Crippen molar-refractivity contribution in [1.29, 1.82) is 0 Å². The van der Waals surface area contributed by atoms with Crippen molar-refractivity contribution in [3.63, 3.8) is 0 Å². The van der Waals surface area contributed by atoms with Crippen molar-refractivity contribution in [3.8, 4) is 0 Å². The maximum Gasteiger partial charge on any atom is 0.0705 e. The lowest BCUT2D eigenvalue weighted by Crippen LogP contribution is -2.22. The monoisotopic (exact) mass is 242 g/mol. The van der Waals surface area contributed by atoms with Crippen molar-refractivity contribution in [2.75, 3.05) is 6.61 Å². The molecule has 3 nitrogen and oxygen atoms in total. The van der Waals surface area contributed by atoms with E-state index >= 15 is 0 Å². The minimum absolute atomic E-state index is 0.0304. The Bertz CT molecular complexity index is 550. The second-order valence-electron chi connectivity index (χ2n) is 5.08. The van der Waals surface area contributed by atoms with Gasteiger partial charge in [0.2, 0.25) is 0 Å². The number of rotatable bonds is 2. The molecule has 3 unspecified atom stereocenters. The van der Waals surface area contributed by atoms with E-state index in [-0.39, 0.29) is 6.04 Å². The molecule has 0 spiro atoms. The van der Waals surface area contributed by atoms with E-state index in [4.69, 9.17) is 10.5 Å². The van der Waals surface area contributed by atoms with Crippen LogP contribution in [0.25, 0.3) is 10.9 Å². The molecule has 1 aliphatic rings. The molecule has 0 aliphatic carbocycles. The number of aromatic nitrogens is 1. The van der Waals surface area contributed by atoms with Crippen molar-refractivity contribution in [1.82, 2.24) is 4.98 Å². The quantitative estimate of drug-likeness (QED) is 0.880. The largest absolute Gasteiger partial charge is 0.378 e. The average Bonchev–Trinajstić information content (AvgIpc) is 2.84. The lowest BCUT2D eigenvalue weighted by molar-refractivity contribution is 0.118. The summed E-state index contributed by atoms with van der Waals surface area (Å²) in [7, 11) is 0. The molecule has 1 aromatic heterocycles. The molecular formula is C15H18N2O. The van der Waals surface area contributed by atoms with Gasteiger partial charge < -0.3 is 10.5 Å². The fourth-order valence-electron chi connectivity index (χ4n) is 2.77. The molecule has 0 bridgehead atoms. The molecule has 3 atom stereocenters. The maximum absolute atomic E-state index is 6.42. The number of hydrogen-bond donors (Lipinski definition) is 1. The van der Waals surface area contributed by atoms with Crippen LogP contribution in [0.2, 0.25) is 0 Å². The van der Waals surface area contributed by atoms with Crippen molar-refractivity contribution >= 4 is 10.9 Å². The van der Waals surface area contributed by atoms with Crippen molar-refractivity contribution in [2.45, 2.75) is 25.5 Å². The SMILES string of the molecule is CC1CC(C(N)c2cccc3ncccc23)CO1. The van der Waals surface area contributed by atoms with Crippen molar-refractivity contribution in [2.24, 2.45) is 11.7 Å². The number of ether oxygens (including phenoxy) is 1. The van der Waals surface area contributed by atoms with Crippen LogP contribution < -0.4 is 5.73 Å². The van der Waals surface area contributed by atoms with E-state index in [0.29, 0.717) is 12.0 Å². The predicted molar refractivity (Wildman–Crippen MR) is 72.2 cm³/mol. The molecule has 2 heterocycles. The number of nitrogens with zero attached hydrogens (tertiary/aromatic N) is 1. The summed E-state index contributed by atoms with van der Waals surface area (Å²) in [6.07, 6.45) is 3.19. The van der Waals surface area contributed by atoms with Gasteiger partial charge in [0, 0.05) is 23.5 Å². The van der Waals surface area contributed by atoms with Gasteiger partial charge in [-0.2, -0.15) is 0 Å². The first kappa shape index (κ1) is 11.6.